The van der Waals surface area contributed by atoms with E-state index in [-0.39, 0.29) is 5.92 Å². The Labute approximate surface area is 112 Å². The largest absolute Gasteiger partial charge is 0.481 e. The maximum absolute atomic E-state index is 11.0. The highest BCUT2D eigenvalue weighted by Crippen LogP contribution is 2.07. The zero-order valence-electron chi connectivity index (χ0n) is 11.0. The molecule has 106 valence electrons. The second-order valence-corrected chi connectivity index (χ2v) is 5.45. The Bertz CT molecular complexity index is 260. The van der Waals surface area contributed by atoms with E-state index in [4.69, 9.17) is 10.2 Å². The molecule has 18 heavy (non-hydrogen) atoms. The third-order valence-electron chi connectivity index (χ3n) is 2.56. The Morgan fingerprint density at radius 2 is 1.94 bits per heavy atom. The maximum Gasteiger partial charge on any atom is 0.321 e. The lowest BCUT2D eigenvalue weighted by atomic mass is 10.1. The van der Waals surface area contributed by atoms with Crippen molar-refractivity contribution in [3.63, 3.8) is 0 Å². The first-order valence-corrected chi connectivity index (χ1v) is 7.41. The van der Waals surface area contributed by atoms with E-state index in [9.17, 15) is 9.59 Å². The number of hydrogen-bond donors (Lipinski definition) is 3. The van der Waals surface area contributed by atoms with Gasteiger partial charge < -0.3 is 15.5 Å². The molecule has 0 bridgehead atoms. The second kappa shape index (κ2) is 10.2. The maximum atomic E-state index is 11.0. The van der Waals surface area contributed by atoms with Crippen LogP contribution in [0.4, 0.5) is 0 Å². The number of rotatable bonds is 11. The van der Waals surface area contributed by atoms with Gasteiger partial charge in [0.15, 0.2) is 0 Å². The van der Waals surface area contributed by atoms with Gasteiger partial charge >= 0.3 is 11.9 Å². The number of carbonyl (C=O) groups is 2. The van der Waals surface area contributed by atoms with Crippen molar-refractivity contribution in [2.24, 2.45) is 5.92 Å². The molecule has 0 saturated carbocycles. The van der Waals surface area contributed by atoms with Crippen LogP contribution in [0.5, 0.6) is 0 Å². The molecule has 2 unspecified atom stereocenters. The van der Waals surface area contributed by atoms with Gasteiger partial charge in [0.25, 0.3) is 0 Å². The molecular formula is C12H23NO4S. The van der Waals surface area contributed by atoms with Gasteiger partial charge in [-0.2, -0.15) is 11.8 Å². The fourth-order valence-corrected chi connectivity index (χ4v) is 2.32. The molecule has 0 radical (unpaired) electrons. The number of nitrogens with one attached hydrogen (secondary N) is 1. The summed E-state index contributed by atoms with van der Waals surface area (Å²) in [5, 5.41) is 20.7. The molecule has 3 N–H and O–H groups in total. The van der Waals surface area contributed by atoms with E-state index in [2.05, 4.69) is 12.2 Å². The minimum atomic E-state index is -0.843. The molecule has 0 saturated heterocycles. The molecule has 0 aromatic heterocycles. The Kier molecular flexibility index (Phi) is 9.77. The van der Waals surface area contributed by atoms with E-state index in [1.807, 2.05) is 0 Å². The average molecular weight is 277 g/mol. The van der Waals surface area contributed by atoms with Crippen molar-refractivity contribution in [3.8, 4) is 0 Å². The molecule has 2 atom stereocenters. The standard InChI is InChI=1S/C12H23NO4S/c1-3-7-18-8-10(12(16)17)13-6-4-5-9(2)11(14)15/h9-10,13H,3-8H2,1-2H3,(H,14,15)(H,16,17). The molecule has 0 heterocycles. The molecule has 0 rings (SSSR count). The van der Waals surface area contributed by atoms with Crippen LogP contribution in [-0.2, 0) is 9.59 Å². The normalized spacial score (nSPS) is 14.1. The van der Waals surface area contributed by atoms with Crippen LogP contribution in [0.3, 0.4) is 0 Å². The summed E-state index contributed by atoms with van der Waals surface area (Å²) >= 11 is 1.62. The van der Waals surface area contributed by atoms with E-state index >= 15 is 0 Å². The van der Waals surface area contributed by atoms with Crippen LogP contribution in [0, 0.1) is 5.92 Å². The Balaban J connectivity index is 3.76. The fraction of sp³-hybridized carbons (Fsp3) is 0.833. The third kappa shape index (κ3) is 8.36. The van der Waals surface area contributed by atoms with Gasteiger partial charge in [-0.3, -0.25) is 9.59 Å². The molecule has 0 aromatic carbocycles. The van der Waals surface area contributed by atoms with Gasteiger partial charge in [-0.15, -0.1) is 0 Å². The smallest absolute Gasteiger partial charge is 0.321 e. The molecule has 6 heteroatoms. The predicted molar refractivity (Wildman–Crippen MR) is 73.1 cm³/mol. The minimum Gasteiger partial charge on any atom is -0.481 e. The first-order valence-electron chi connectivity index (χ1n) is 6.25. The predicted octanol–water partition coefficient (Wildman–Crippen LogP) is 1.67. The molecule has 0 aliphatic heterocycles. The summed E-state index contributed by atoms with van der Waals surface area (Å²) in [7, 11) is 0. The summed E-state index contributed by atoms with van der Waals surface area (Å²) in [4.78, 5) is 21.6. The first-order chi connectivity index (χ1) is 8.49. The number of carboxylic acid groups (broad SMARTS) is 2. The molecule has 0 aromatic rings. The average Bonchev–Trinajstić information content (AvgIpc) is 2.31. The molecular weight excluding hydrogens is 254 g/mol. The summed E-state index contributed by atoms with van der Waals surface area (Å²) in [5.74, 6) is -0.503. The van der Waals surface area contributed by atoms with E-state index in [0.29, 0.717) is 25.1 Å². The monoisotopic (exact) mass is 277 g/mol. The van der Waals surface area contributed by atoms with Crippen molar-refractivity contribution in [2.75, 3.05) is 18.1 Å². The van der Waals surface area contributed by atoms with E-state index in [1.165, 1.54) is 0 Å². The molecule has 5 nitrogen and oxygen atoms in total. The molecule has 0 fully saturated rings. The highest BCUT2D eigenvalue weighted by molar-refractivity contribution is 7.99. The first kappa shape index (κ1) is 17.2. The van der Waals surface area contributed by atoms with E-state index in [1.54, 1.807) is 18.7 Å². The van der Waals surface area contributed by atoms with Crippen molar-refractivity contribution in [2.45, 2.75) is 39.2 Å². The van der Waals surface area contributed by atoms with Gasteiger partial charge in [0, 0.05) is 5.75 Å². The Hall–Kier alpha value is -0.750. The number of thioether (sulfide) groups is 1. The summed E-state index contributed by atoms with van der Waals surface area (Å²) in [6.45, 7) is 4.26. The molecule has 0 spiro atoms. The Morgan fingerprint density at radius 1 is 1.28 bits per heavy atom. The zero-order valence-corrected chi connectivity index (χ0v) is 11.8. The Morgan fingerprint density at radius 3 is 2.44 bits per heavy atom. The fourth-order valence-electron chi connectivity index (χ4n) is 1.37. The molecule has 0 amide bonds. The van der Waals surface area contributed by atoms with Crippen LogP contribution < -0.4 is 5.32 Å². The van der Waals surface area contributed by atoms with Crippen molar-refractivity contribution < 1.29 is 19.8 Å². The highest BCUT2D eigenvalue weighted by atomic mass is 32.2. The van der Waals surface area contributed by atoms with Crippen LogP contribution >= 0.6 is 11.8 Å². The highest BCUT2D eigenvalue weighted by Gasteiger charge is 2.16. The van der Waals surface area contributed by atoms with Gasteiger partial charge in [0.05, 0.1) is 5.92 Å². The van der Waals surface area contributed by atoms with E-state index in [0.717, 1.165) is 12.2 Å². The quantitative estimate of drug-likeness (QED) is 0.498. The molecule has 0 aliphatic rings. The van der Waals surface area contributed by atoms with Gasteiger partial charge in [-0.1, -0.05) is 13.8 Å². The van der Waals surface area contributed by atoms with Gasteiger partial charge in [-0.05, 0) is 31.6 Å². The van der Waals surface area contributed by atoms with Crippen LogP contribution in [0.2, 0.25) is 0 Å². The third-order valence-corrected chi connectivity index (χ3v) is 3.82. The van der Waals surface area contributed by atoms with E-state index < -0.39 is 18.0 Å². The number of hydrogen-bond acceptors (Lipinski definition) is 4. The van der Waals surface area contributed by atoms with Crippen molar-refractivity contribution >= 4 is 23.7 Å². The van der Waals surface area contributed by atoms with Crippen LogP contribution in [0.25, 0.3) is 0 Å². The summed E-state index contributed by atoms with van der Waals surface area (Å²) in [6, 6.07) is -0.540. The lowest BCUT2D eigenvalue weighted by Gasteiger charge is -2.14. The van der Waals surface area contributed by atoms with Crippen molar-refractivity contribution in [1.82, 2.24) is 5.32 Å². The molecule has 0 aliphatic carbocycles. The van der Waals surface area contributed by atoms with Gasteiger partial charge in [-0.25, -0.2) is 0 Å². The van der Waals surface area contributed by atoms with Crippen molar-refractivity contribution in [1.29, 1.82) is 0 Å². The lowest BCUT2D eigenvalue weighted by Crippen LogP contribution is -2.39. The number of carboxylic acids is 2. The summed E-state index contributed by atoms with van der Waals surface area (Å²) in [5.41, 5.74) is 0. The summed E-state index contributed by atoms with van der Waals surface area (Å²) in [6.07, 6.45) is 2.28. The SMILES string of the molecule is CCCSCC(NCCCC(C)C(=O)O)C(=O)O. The van der Waals surface area contributed by atoms with Crippen molar-refractivity contribution in [3.05, 3.63) is 0 Å². The van der Waals surface area contributed by atoms with Crippen LogP contribution in [-0.4, -0.2) is 46.2 Å². The zero-order chi connectivity index (χ0) is 14.0. The van der Waals surface area contributed by atoms with Crippen LogP contribution in [0.15, 0.2) is 0 Å². The van der Waals surface area contributed by atoms with Gasteiger partial charge in [0.2, 0.25) is 0 Å². The summed E-state index contributed by atoms with van der Waals surface area (Å²) < 4.78 is 0. The topological polar surface area (TPSA) is 86.6 Å². The van der Waals surface area contributed by atoms with Crippen LogP contribution in [0.1, 0.15) is 33.1 Å². The number of aliphatic carboxylic acids is 2. The lowest BCUT2D eigenvalue weighted by molar-refractivity contribution is -0.141. The minimum absolute atomic E-state index is 0.371. The van der Waals surface area contributed by atoms with Gasteiger partial charge in [0.1, 0.15) is 6.04 Å². The second-order valence-electron chi connectivity index (χ2n) is 4.30.